The van der Waals surface area contributed by atoms with Gasteiger partial charge in [-0.1, -0.05) is 42.5 Å². The molecule has 2 aromatic carbocycles. The molecule has 3 aromatic rings. The highest BCUT2D eigenvalue weighted by molar-refractivity contribution is 5.94. The first-order valence-corrected chi connectivity index (χ1v) is 9.48. The van der Waals surface area contributed by atoms with Crippen molar-refractivity contribution in [2.45, 2.75) is 25.9 Å². The summed E-state index contributed by atoms with van der Waals surface area (Å²) in [5, 5.41) is 13.6. The molecule has 4 rings (SSSR count). The van der Waals surface area contributed by atoms with Crippen LogP contribution < -0.4 is 15.4 Å². The van der Waals surface area contributed by atoms with Gasteiger partial charge < -0.3 is 15.4 Å². The summed E-state index contributed by atoms with van der Waals surface area (Å²) >= 11 is 0. The van der Waals surface area contributed by atoms with Gasteiger partial charge in [0.15, 0.2) is 5.69 Å². The van der Waals surface area contributed by atoms with Crippen LogP contribution in [0.5, 0.6) is 5.75 Å². The van der Waals surface area contributed by atoms with Gasteiger partial charge in [-0.05, 0) is 24.1 Å². The summed E-state index contributed by atoms with van der Waals surface area (Å²) in [6.07, 6.45) is 0.871. The molecule has 0 radical (unpaired) electrons. The second-order valence-electron chi connectivity index (χ2n) is 6.97. The summed E-state index contributed by atoms with van der Waals surface area (Å²) in [6.45, 7) is 3.56. The molecule has 1 atom stereocenters. The van der Waals surface area contributed by atoms with Gasteiger partial charge in [0.05, 0.1) is 13.2 Å². The number of nitrogens with zero attached hydrogens (tertiary/aromatic N) is 1. The van der Waals surface area contributed by atoms with E-state index in [2.05, 4.69) is 33.0 Å². The van der Waals surface area contributed by atoms with Gasteiger partial charge in [0.1, 0.15) is 5.75 Å². The van der Waals surface area contributed by atoms with Crippen LogP contribution in [0.2, 0.25) is 0 Å². The number of carbonyl (C=O) groups excluding carboxylic acids is 1. The van der Waals surface area contributed by atoms with Gasteiger partial charge in [-0.25, -0.2) is 0 Å². The number of aromatic nitrogens is 2. The minimum absolute atomic E-state index is 0. The Morgan fingerprint density at radius 2 is 1.93 bits per heavy atom. The number of hydrogen-bond acceptors (Lipinski definition) is 4. The molecule has 152 valence electrons. The molecule has 7 heteroatoms. The molecule has 1 aromatic heterocycles. The monoisotopic (exact) mass is 412 g/mol. The second kappa shape index (κ2) is 9.11. The highest BCUT2D eigenvalue weighted by Crippen LogP contribution is 2.30. The van der Waals surface area contributed by atoms with Crippen molar-refractivity contribution >= 4 is 18.3 Å². The number of fused-ring (bicyclic) bond motifs is 1. The molecule has 29 heavy (non-hydrogen) atoms. The number of rotatable bonds is 5. The highest BCUT2D eigenvalue weighted by atomic mass is 35.5. The van der Waals surface area contributed by atoms with E-state index in [1.54, 1.807) is 7.11 Å². The molecule has 1 aliphatic heterocycles. The van der Waals surface area contributed by atoms with Crippen molar-refractivity contribution in [1.29, 1.82) is 0 Å². The van der Waals surface area contributed by atoms with Crippen molar-refractivity contribution in [2.24, 2.45) is 0 Å². The van der Waals surface area contributed by atoms with E-state index in [-0.39, 0.29) is 24.4 Å². The van der Waals surface area contributed by atoms with E-state index in [4.69, 9.17) is 4.74 Å². The van der Waals surface area contributed by atoms with Crippen LogP contribution in [0, 0.1) is 0 Å². The van der Waals surface area contributed by atoms with Crippen molar-refractivity contribution in [3.63, 3.8) is 0 Å². The number of aromatic amines is 1. The lowest BCUT2D eigenvalue weighted by atomic mass is 10.0. The lowest BCUT2D eigenvalue weighted by Crippen LogP contribution is -2.30. The first kappa shape index (κ1) is 20.9. The molecule has 1 aliphatic rings. The molecule has 1 unspecified atom stereocenters. The molecule has 3 N–H and O–H groups in total. The van der Waals surface area contributed by atoms with Crippen molar-refractivity contribution in [3.8, 4) is 16.9 Å². The van der Waals surface area contributed by atoms with Crippen LogP contribution in [0.3, 0.4) is 0 Å². The van der Waals surface area contributed by atoms with E-state index in [0.29, 0.717) is 12.2 Å². The first-order chi connectivity index (χ1) is 13.7. The molecule has 1 amide bonds. The van der Waals surface area contributed by atoms with Crippen molar-refractivity contribution in [2.75, 3.05) is 13.7 Å². The molecule has 0 fully saturated rings. The third-order valence-corrected chi connectivity index (χ3v) is 5.20. The molecule has 0 saturated carbocycles. The SMILES string of the molecule is COc1ccccc1-c1ccc(C(C)NC(=O)c2n[nH]c3c2CNCC3)cc1.Cl. The smallest absolute Gasteiger partial charge is 0.272 e. The first-order valence-electron chi connectivity index (χ1n) is 9.48. The maximum absolute atomic E-state index is 12.7. The maximum atomic E-state index is 12.7. The Kier molecular flexibility index (Phi) is 6.56. The summed E-state index contributed by atoms with van der Waals surface area (Å²) in [6, 6.07) is 16.0. The quantitative estimate of drug-likeness (QED) is 0.597. The van der Waals surface area contributed by atoms with Crippen LogP contribution in [0.25, 0.3) is 11.1 Å². The van der Waals surface area contributed by atoms with Crippen LogP contribution >= 0.6 is 12.4 Å². The fourth-order valence-electron chi connectivity index (χ4n) is 3.60. The van der Waals surface area contributed by atoms with Crippen LogP contribution in [0.1, 0.15) is 40.3 Å². The topological polar surface area (TPSA) is 79.0 Å². The number of hydrogen-bond donors (Lipinski definition) is 3. The van der Waals surface area contributed by atoms with E-state index >= 15 is 0 Å². The van der Waals surface area contributed by atoms with Crippen molar-refractivity contribution < 1.29 is 9.53 Å². The van der Waals surface area contributed by atoms with Crippen LogP contribution in [-0.2, 0) is 13.0 Å². The largest absolute Gasteiger partial charge is 0.496 e. The predicted molar refractivity (Wildman–Crippen MR) is 116 cm³/mol. The predicted octanol–water partition coefficient (Wildman–Crippen LogP) is 3.64. The van der Waals surface area contributed by atoms with Gasteiger partial charge in [0, 0.05) is 36.3 Å². The van der Waals surface area contributed by atoms with Crippen molar-refractivity contribution in [1.82, 2.24) is 20.8 Å². The summed E-state index contributed by atoms with van der Waals surface area (Å²) in [7, 11) is 1.67. The van der Waals surface area contributed by atoms with Gasteiger partial charge in [0.2, 0.25) is 0 Å². The molecule has 0 saturated heterocycles. The zero-order valence-electron chi connectivity index (χ0n) is 16.5. The minimum atomic E-state index is -0.150. The van der Waals surface area contributed by atoms with Gasteiger partial charge in [-0.15, -0.1) is 12.4 Å². The molecule has 0 spiro atoms. The van der Waals surface area contributed by atoms with Gasteiger partial charge >= 0.3 is 0 Å². The molecule has 6 nitrogen and oxygen atoms in total. The molecule has 0 bridgehead atoms. The highest BCUT2D eigenvalue weighted by Gasteiger charge is 2.22. The Labute approximate surface area is 176 Å². The molecular weight excluding hydrogens is 388 g/mol. The third-order valence-electron chi connectivity index (χ3n) is 5.20. The number of benzene rings is 2. The number of para-hydroxylation sites is 1. The van der Waals surface area contributed by atoms with Gasteiger partial charge in [0.25, 0.3) is 5.91 Å². The van der Waals surface area contributed by atoms with Crippen LogP contribution in [0.4, 0.5) is 0 Å². The molecule has 2 heterocycles. The fourth-order valence-corrected chi connectivity index (χ4v) is 3.60. The number of ether oxygens (including phenoxy) is 1. The number of amides is 1. The summed E-state index contributed by atoms with van der Waals surface area (Å²) < 4.78 is 5.44. The Hall–Kier alpha value is -2.83. The van der Waals surface area contributed by atoms with E-state index < -0.39 is 0 Å². The Morgan fingerprint density at radius 3 is 2.69 bits per heavy atom. The molecular formula is C22H25ClN4O2. The average molecular weight is 413 g/mol. The minimum Gasteiger partial charge on any atom is -0.496 e. The Balaban J connectivity index is 0.00000240. The third kappa shape index (κ3) is 4.28. The maximum Gasteiger partial charge on any atom is 0.272 e. The standard InChI is InChI=1S/C22H24N4O2.ClH/c1-14(24-22(27)21-18-13-23-12-11-19(18)25-26-21)15-7-9-16(10-8-15)17-5-3-4-6-20(17)28-2;/h3-10,14,23H,11-13H2,1-2H3,(H,24,27)(H,25,26);1H. The number of methoxy groups -OCH3 is 1. The Morgan fingerprint density at radius 1 is 1.17 bits per heavy atom. The fraction of sp³-hybridized carbons (Fsp3) is 0.273. The normalized spacial score (nSPS) is 13.7. The van der Waals surface area contributed by atoms with Crippen LogP contribution in [0.15, 0.2) is 48.5 Å². The van der Waals surface area contributed by atoms with Gasteiger partial charge in [-0.2, -0.15) is 5.10 Å². The van der Waals surface area contributed by atoms with E-state index in [9.17, 15) is 4.79 Å². The summed E-state index contributed by atoms with van der Waals surface area (Å²) in [5.41, 5.74) is 5.67. The van der Waals surface area contributed by atoms with Crippen molar-refractivity contribution in [3.05, 3.63) is 71.0 Å². The number of H-pyrrole nitrogens is 1. The summed E-state index contributed by atoms with van der Waals surface area (Å²) in [5.74, 6) is 0.691. The number of nitrogens with one attached hydrogen (secondary N) is 3. The Bertz CT molecular complexity index is 985. The zero-order valence-corrected chi connectivity index (χ0v) is 17.3. The summed E-state index contributed by atoms with van der Waals surface area (Å²) in [4.78, 5) is 12.7. The average Bonchev–Trinajstić information content (AvgIpc) is 3.18. The van der Waals surface area contributed by atoms with E-state index in [1.807, 2.05) is 43.3 Å². The second-order valence-corrected chi connectivity index (χ2v) is 6.97. The zero-order chi connectivity index (χ0) is 19.5. The number of halogens is 1. The lowest BCUT2D eigenvalue weighted by Gasteiger charge is -2.16. The van der Waals surface area contributed by atoms with Gasteiger partial charge in [-0.3, -0.25) is 9.89 Å². The van der Waals surface area contributed by atoms with E-state index in [1.165, 1.54) is 0 Å². The number of carbonyl (C=O) groups is 1. The van der Waals surface area contributed by atoms with E-state index in [0.717, 1.165) is 46.7 Å². The van der Waals surface area contributed by atoms with Crippen LogP contribution in [-0.4, -0.2) is 29.8 Å². The lowest BCUT2D eigenvalue weighted by molar-refractivity contribution is 0.0933. The molecule has 0 aliphatic carbocycles.